The number of nitrogen functional groups attached to an aromatic ring is 1. The summed E-state index contributed by atoms with van der Waals surface area (Å²) in [7, 11) is 3.26. The van der Waals surface area contributed by atoms with Crippen LogP contribution >= 0.6 is 11.6 Å². The molecule has 2 aliphatic rings. The van der Waals surface area contributed by atoms with Gasteiger partial charge in [-0.2, -0.15) is 0 Å². The van der Waals surface area contributed by atoms with Crippen LogP contribution in [0.3, 0.4) is 0 Å². The van der Waals surface area contributed by atoms with E-state index in [4.69, 9.17) is 26.8 Å². The smallest absolute Gasteiger partial charge is 0.255 e. The van der Waals surface area contributed by atoms with Gasteiger partial charge in [0.2, 0.25) is 0 Å². The van der Waals surface area contributed by atoms with E-state index in [2.05, 4.69) is 32.1 Å². The van der Waals surface area contributed by atoms with Crippen LogP contribution in [0.5, 0.6) is 11.5 Å². The van der Waals surface area contributed by atoms with Crippen molar-refractivity contribution >= 4 is 28.9 Å². The van der Waals surface area contributed by atoms with Crippen molar-refractivity contribution in [3.63, 3.8) is 0 Å². The lowest BCUT2D eigenvalue weighted by Gasteiger charge is -2.37. The molecule has 2 aromatic rings. The van der Waals surface area contributed by atoms with E-state index in [-0.39, 0.29) is 11.9 Å². The van der Waals surface area contributed by atoms with Crippen LogP contribution in [0.15, 0.2) is 36.4 Å². The molecule has 4 rings (SSSR count). The highest BCUT2D eigenvalue weighted by Crippen LogP contribution is 2.30. The summed E-state index contributed by atoms with van der Waals surface area (Å²) in [6.07, 6.45) is 3.04. The lowest BCUT2D eigenvalue weighted by Crippen LogP contribution is -2.48. The summed E-state index contributed by atoms with van der Waals surface area (Å²) < 4.78 is 10.9. The van der Waals surface area contributed by atoms with E-state index in [1.807, 2.05) is 12.1 Å². The molecule has 0 aliphatic carbocycles. The average molecular weight is 516 g/mol. The summed E-state index contributed by atoms with van der Waals surface area (Å²) in [5.41, 5.74) is 7.84. The topological polar surface area (TPSA) is 83.3 Å². The number of carbonyl (C=O) groups is 1. The standard InChI is InChI=1S/C27H38ClN5O3/c1-35-25-7-4-3-6-24(25)33-16-14-32(15-17-33)11-5-10-31-12-8-20(9-13-31)30-27(34)21-18-22(28)23(29)19-26(21)36-2/h3-4,6-7,18-20H,5,8-17,29H2,1-2H3,(H,30,34). The van der Waals surface area contributed by atoms with E-state index < -0.39 is 0 Å². The molecule has 0 atom stereocenters. The molecular formula is C27H38ClN5O3. The van der Waals surface area contributed by atoms with Crippen LogP contribution in [0, 0.1) is 0 Å². The molecule has 2 heterocycles. The Morgan fingerprint density at radius 3 is 2.28 bits per heavy atom. The van der Waals surface area contributed by atoms with Crippen LogP contribution < -0.4 is 25.4 Å². The van der Waals surface area contributed by atoms with Gasteiger partial charge in [0.05, 0.1) is 36.2 Å². The second-order valence-corrected chi connectivity index (χ2v) is 9.92. The molecule has 0 saturated carbocycles. The number of amides is 1. The van der Waals surface area contributed by atoms with Gasteiger partial charge in [0.25, 0.3) is 5.91 Å². The number of hydrogen-bond donors (Lipinski definition) is 2. The Labute approximate surface area is 219 Å². The van der Waals surface area contributed by atoms with E-state index >= 15 is 0 Å². The fraction of sp³-hybridized carbons (Fsp3) is 0.519. The predicted octanol–water partition coefficient (Wildman–Crippen LogP) is 3.35. The Morgan fingerprint density at radius 2 is 1.61 bits per heavy atom. The fourth-order valence-electron chi connectivity index (χ4n) is 5.10. The summed E-state index contributed by atoms with van der Waals surface area (Å²) in [6.45, 7) is 8.39. The molecule has 3 N–H and O–H groups in total. The number of benzene rings is 2. The molecule has 0 radical (unpaired) electrons. The van der Waals surface area contributed by atoms with Gasteiger partial charge in [0.1, 0.15) is 11.5 Å². The first-order valence-corrected chi connectivity index (χ1v) is 13.1. The third kappa shape index (κ3) is 6.55. The number of methoxy groups -OCH3 is 2. The maximum absolute atomic E-state index is 12.8. The van der Waals surface area contributed by atoms with Crippen LogP contribution in [0.1, 0.15) is 29.6 Å². The van der Waals surface area contributed by atoms with Gasteiger partial charge in [-0.05, 0) is 50.6 Å². The summed E-state index contributed by atoms with van der Waals surface area (Å²) >= 11 is 6.12. The average Bonchev–Trinajstić information content (AvgIpc) is 2.91. The van der Waals surface area contributed by atoms with Crippen molar-refractivity contribution in [1.82, 2.24) is 15.1 Å². The maximum Gasteiger partial charge on any atom is 0.255 e. The SMILES string of the molecule is COc1cc(N)c(Cl)cc1C(=O)NC1CCN(CCCN2CCN(c3ccccc3OC)CC2)CC1. The molecular weight excluding hydrogens is 478 g/mol. The number of piperazine rings is 1. The maximum atomic E-state index is 12.8. The quantitative estimate of drug-likeness (QED) is 0.495. The van der Waals surface area contributed by atoms with Crippen LogP contribution in [0.4, 0.5) is 11.4 Å². The first-order valence-electron chi connectivity index (χ1n) is 12.7. The third-order valence-electron chi connectivity index (χ3n) is 7.23. The molecule has 0 unspecified atom stereocenters. The van der Waals surface area contributed by atoms with Crippen LogP contribution in [0.25, 0.3) is 0 Å². The number of para-hydroxylation sites is 2. The van der Waals surface area contributed by atoms with Gasteiger partial charge >= 0.3 is 0 Å². The number of halogens is 1. The zero-order valence-electron chi connectivity index (χ0n) is 21.3. The molecule has 0 aromatic heterocycles. The first kappa shape index (κ1) is 26.4. The molecule has 0 spiro atoms. The molecule has 0 bridgehead atoms. The minimum absolute atomic E-state index is 0.151. The summed E-state index contributed by atoms with van der Waals surface area (Å²) in [5, 5.41) is 3.50. The number of nitrogens with two attached hydrogens (primary N) is 1. The third-order valence-corrected chi connectivity index (χ3v) is 7.56. The van der Waals surface area contributed by atoms with Gasteiger partial charge in [-0.15, -0.1) is 0 Å². The Morgan fingerprint density at radius 1 is 0.972 bits per heavy atom. The van der Waals surface area contributed by atoms with E-state index in [1.165, 1.54) is 12.8 Å². The van der Waals surface area contributed by atoms with Crippen molar-refractivity contribution in [1.29, 1.82) is 0 Å². The second-order valence-electron chi connectivity index (χ2n) is 9.52. The van der Waals surface area contributed by atoms with Crippen molar-refractivity contribution in [2.45, 2.75) is 25.3 Å². The van der Waals surface area contributed by atoms with Gasteiger partial charge in [0, 0.05) is 51.4 Å². The summed E-state index contributed by atoms with van der Waals surface area (Å²) in [4.78, 5) is 20.3. The number of piperidine rings is 1. The van der Waals surface area contributed by atoms with Crippen molar-refractivity contribution in [3.05, 3.63) is 47.0 Å². The van der Waals surface area contributed by atoms with Crippen LogP contribution in [-0.2, 0) is 0 Å². The number of hydrogen-bond acceptors (Lipinski definition) is 7. The number of nitrogens with one attached hydrogen (secondary N) is 1. The van der Waals surface area contributed by atoms with E-state index in [0.29, 0.717) is 22.0 Å². The molecule has 2 saturated heterocycles. The number of nitrogens with zero attached hydrogens (tertiary/aromatic N) is 3. The van der Waals surface area contributed by atoms with Crippen LogP contribution in [0.2, 0.25) is 5.02 Å². The molecule has 8 nitrogen and oxygen atoms in total. The van der Waals surface area contributed by atoms with Crippen molar-refractivity contribution in [3.8, 4) is 11.5 Å². The zero-order chi connectivity index (χ0) is 25.5. The minimum atomic E-state index is -0.167. The number of likely N-dealkylation sites (tertiary alicyclic amines) is 1. The van der Waals surface area contributed by atoms with Gasteiger partial charge < -0.3 is 30.3 Å². The number of anilines is 2. The molecule has 2 aliphatic heterocycles. The molecule has 2 aromatic carbocycles. The number of carbonyl (C=O) groups excluding carboxylic acids is 1. The molecule has 1 amide bonds. The lowest BCUT2D eigenvalue weighted by molar-refractivity contribution is 0.0906. The second kappa shape index (κ2) is 12.5. The Hall–Kier alpha value is -2.68. The largest absolute Gasteiger partial charge is 0.496 e. The number of ether oxygens (including phenoxy) is 2. The Balaban J connectivity index is 1.15. The highest BCUT2D eigenvalue weighted by atomic mass is 35.5. The van der Waals surface area contributed by atoms with Gasteiger partial charge in [0.15, 0.2) is 0 Å². The van der Waals surface area contributed by atoms with Crippen molar-refractivity contribution < 1.29 is 14.3 Å². The fourth-order valence-corrected chi connectivity index (χ4v) is 5.26. The molecule has 9 heteroatoms. The molecule has 2 fully saturated rings. The van der Waals surface area contributed by atoms with E-state index in [1.54, 1.807) is 19.2 Å². The van der Waals surface area contributed by atoms with Crippen molar-refractivity contribution in [2.75, 3.05) is 77.2 Å². The van der Waals surface area contributed by atoms with Gasteiger partial charge in [-0.3, -0.25) is 9.69 Å². The minimum Gasteiger partial charge on any atom is -0.496 e. The predicted molar refractivity (Wildman–Crippen MR) is 146 cm³/mol. The number of rotatable bonds is 9. The van der Waals surface area contributed by atoms with E-state index in [9.17, 15) is 4.79 Å². The monoisotopic (exact) mass is 515 g/mol. The van der Waals surface area contributed by atoms with Gasteiger partial charge in [-0.1, -0.05) is 23.7 Å². The van der Waals surface area contributed by atoms with Crippen molar-refractivity contribution in [2.24, 2.45) is 0 Å². The lowest BCUT2D eigenvalue weighted by atomic mass is 10.0. The highest BCUT2D eigenvalue weighted by molar-refractivity contribution is 6.33. The summed E-state index contributed by atoms with van der Waals surface area (Å²) in [6, 6.07) is 11.6. The van der Waals surface area contributed by atoms with E-state index in [0.717, 1.165) is 77.4 Å². The Kier molecular flexibility index (Phi) is 9.18. The Bertz CT molecular complexity index is 1020. The van der Waals surface area contributed by atoms with Gasteiger partial charge in [-0.25, -0.2) is 0 Å². The van der Waals surface area contributed by atoms with Crippen LogP contribution in [-0.4, -0.2) is 88.3 Å². The zero-order valence-corrected chi connectivity index (χ0v) is 22.1. The summed E-state index contributed by atoms with van der Waals surface area (Å²) in [5.74, 6) is 1.22. The highest BCUT2D eigenvalue weighted by Gasteiger charge is 2.24. The normalized spacial score (nSPS) is 17.7. The molecule has 196 valence electrons. The first-order chi connectivity index (χ1) is 17.5. The molecule has 36 heavy (non-hydrogen) atoms.